The predicted molar refractivity (Wildman–Crippen MR) is 79.2 cm³/mol. The van der Waals surface area contributed by atoms with Gasteiger partial charge in [-0.2, -0.15) is 0 Å². The van der Waals surface area contributed by atoms with E-state index in [9.17, 15) is 0 Å². The van der Waals surface area contributed by atoms with Crippen molar-refractivity contribution in [2.75, 3.05) is 30.9 Å². The molecule has 0 aliphatic rings. The third kappa shape index (κ3) is 4.03. The van der Waals surface area contributed by atoms with Crippen molar-refractivity contribution in [1.29, 1.82) is 0 Å². The van der Waals surface area contributed by atoms with Crippen LogP contribution in [0.4, 0.5) is 10.9 Å². The molecule has 0 aliphatic heterocycles. The summed E-state index contributed by atoms with van der Waals surface area (Å²) in [6.45, 7) is 3.03. The number of rotatable bonds is 6. The number of hydrogen-bond acceptors (Lipinski definition) is 8. The van der Waals surface area contributed by atoms with Crippen molar-refractivity contribution in [3.05, 3.63) is 12.4 Å². The van der Waals surface area contributed by atoms with Gasteiger partial charge in [-0.05, 0) is 18.2 Å². The molecule has 0 aliphatic carbocycles. The fourth-order valence-corrected chi connectivity index (χ4v) is 2.94. The van der Waals surface area contributed by atoms with E-state index in [0.29, 0.717) is 0 Å². The van der Waals surface area contributed by atoms with Gasteiger partial charge in [0.2, 0.25) is 5.13 Å². The summed E-state index contributed by atoms with van der Waals surface area (Å²) in [6, 6.07) is 1.93. The normalized spacial score (nSPS) is 10.5. The van der Waals surface area contributed by atoms with Crippen molar-refractivity contribution < 1.29 is 0 Å². The topological polar surface area (TPSA) is 66.8 Å². The summed E-state index contributed by atoms with van der Waals surface area (Å²) >= 11 is 3.05. The molecule has 0 saturated carbocycles. The second-order valence-electron chi connectivity index (χ2n) is 4.02. The molecule has 8 heteroatoms. The van der Waals surface area contributed by atoms with E-state index in [0.717, 1.165) is 33.3 Å². The molecule has 19 heavy (non-hydrogen) atoms. The van der Waals surface area contributed by atoms with E-state index < -0.39 is 0 Å². The van der Waals surface area contributed by atoms with Crippen LogP contribution in [0.3, 0.4) is 0 Å². The van der Waals surface area contributed by atoms with Gasteiger partial charge in [-0.3, -0.25) is 0 Å². The summed E-state index contributed by atoms with van der Waals surface area (Å²) in [4.78, 5) is 10.3. The zero-order chi connectivity index (χ0) is 13.7. The van der Waals surface area contributed by atoms with Crippen LogP contribution >= 0.6 is 23.1 Å². The highest BCUT2D eigenvalue weighted by Crippen LogP contribution is 2.31. The van der Waals surface area contributed by atoms with E-state index in [1.807, 2.05) is 25.1 Å². The first-order chi connectivity index (χ1) is 9.19. The highest BCUT2D eigenvalue weighted by molar-refractivity contribution is 8.01. The molecule has 102 valence electrons. The van der Waals surface area contributed by atoms with Gasteiger partial charge >= 0.3 is 0 Å². The van der Waals surface area contributed by atoms with Crippen LogP contribution in [0.25, 0.3) is 0 Å². The molecule has 0 atom stereocenters. The minimum absolute atomic E-state index is 0.844. The van der Waals surface area contributed by atoms with Gasteiger partial charge in [0.25, 0.3) is 0 Å². The van der Waals surface area contributed by atoms with Crippen molar-refractivity contribution >= 4 is 34.0 Å². The molecule has 0 amide bonds. The maximum Gasteiger partial charge on any atom is 0.208 e. The molecular formula is C11H16N6S2. The van der Waals surface area contributed by atoms with E-state index in [-0.39, 0.29) is 0 Å². The van der Waals surface area contributed by atoms with Crippen LogP contribution in [-0.2, 0) is 0 Å². The largest absolute Gasteiger partial charge is 0.370 e. The van der Waals surface area contributed by atoms with E-state index in [2.05, 4.69) is 32.4 Å². The van der Waals surface area contributed by atoms with Crippen LogP contribution < -0.4 is 10.2 Å². The molecule has 1 N–H and O–H groups in total. The Morgan fingerprint density at radius 3 is 2.84 bits per heavy atom. The van der Waals surface area contributed by atoms with Gasteiger partial charge < -0.3 is 10.2 Å². The summed E-state index contributed by atoms with van der Waals surface area (Å²) in [5, 5.41) is 13.2. The minimum atomic E-state index is 0.844. The van der Waals surface area contributed by atoms with Crippen LogP contribution in [-0.4, -0.2) is 40.8 Å². The molecule has 0 unspecified atom stereocenters. The zero-order valence-corrected chi connectivity index (χ0v) is 12.8. The van der Waals surface area contributed by atoms with Crippen LogP contribution in [0.1, 0.15) is 13.3 Å². The molecule has 2 aromatic heterocycles. The zero-order valence-electron chi connectivity index (χ0n) is 11.1. The van der Waals surface area contributed by atoms with Gasteiger partial charge in [0.05, 0.1) is 0 Å². The van der Waals surface area contributed by atoms with Crippen molar-refractivity contribution in [2.24, 2.45) is 0 Å². The summed E-state index contributed by atoms with van der Waals surface area (Å²) < 4.78 is 0.879. The fraction of sp³-hybridized carbons (Fsp3) is 0.455. The molecule has 2 aromatic rings. The Morgan fingerprint density at radius 2 is 2.16 bits per heavy atom. The minimum Gasteiger partial charge on any atom is -0.370 e. The molecule has 0 spiro atoms. The van der Waals surface area contributed by atoms with E-state index in [4.69, 9.17) is 0 Å². The summed E-state index contributed by atoms with van der Waals surface area (Å²) in [5.74, 6) is 0.844. The van der Waals surface area contributed by atoms with Gasteiger partial charge in [0.15, 0.2) is 4.34 Å². The first kappa shape index (κ1) is 14.0. The third-order valence-corrected chi connectivity index (χ3v) is 4.24. The number of nitrogens with zero attached hydrogens (tertiary/aromatic N) is 5. The predicted octanol–water partition coefficient (Wildman–Crippen LogP) is 2.37. The maximum atomic E-state index is 4.23. The lowest BCUT2D eigenvalue weighted by atomic mass is 10.4. The molecule has 0 aromatic carbocycles. The Kier molecular flexibility index (Phi) is 4.92. The molecule has 0 fully saturated rings. The molecule has 0 saturated heterocycles. The third-order valence-electron chi connectivity index (χ3n) is 2.17. The first-order valence-electron chi connectivity index (χ1n) is 5.93. The lowest BCUT2D eigenvalue weighted by Crippen LogP contribution is -2.07. The smallest absolute Gasteiger partial charge is 0.208 e. The lowest BCUT2D eigenvalue weighted by molar-refractivity contribution is 0.949. The molecule has 2 heterocycles. The molecule has 0 radical (unpaired) electrons. The molecular weight excluding hydrogens is 280 g/mol. The maximum absolute atomic E-state index is 4.23. The number of hydrogen-bond donors (Lipinski definition) is 1. The molecule has 0 bridgehead atoms. The number of aromatic nitrogens is 4. The molecule has 2 rings (SSSR count). The Labute approximate surface area is 120 Å². The standard InChI is InChI=1S/C11H16N6S2/c1-4-5-12-8-6-9(14-7-13-8)18-11-16-15-10(19-11)17(2)3/h6-7H,4-5H2,1-3H3,(H,12,13,14). The highest BCUT2D eigenvalue weighted by Gasteiger charge is 2.08. The molecule has 6 nitrogen and oxygen atoms in total. The van der Waals surface area contributed by atoms with Crippen LogP contribution in [0.5, 0.6) is 0 Å². The Hall–Kier alpha value is -1.41. The van der Waals surface area contributed by atoms with Gasteiger partial charge in [-0.25, -0.2) is 9.97 Å². The van der Waals surface area contributed by atoms with Crippen LogP contribution in [0.2, 0.25) is 0 Å². The lowest BCUT2D eigenvalue weighted by Gasteiger charge is -2.04. The van der Waals surface area contributed by atoms with Crippen molar-refractivity contribution in [1.82, 2.24) is 20.2 Å². The van der Waals surface area contributed by atoms with Gasteiger partial charge in [0, 0.05) is 26.7 Å². The Bertz CT molecular complexity index is 527. The van der Waals surface area contributed by atoms with Gasteiger partial charge in [-0.1, -0.05) is 18.3 Å². The average molecular weight is 296 g/mol. The number of anilines is 2. The SMILES string of the molecule is CCCNc1cc(Sc2nnc(N(C)C)s2)ncn1. The van der Waals surface area contributed by atoms with Gasteiger partial charge in [-0.15, -0.1) is 10.2 Å². The van der Waals surface area contributed by atoms with Crippen LogP contribution in [0, 0.1) is 0 Å². The van der Waals surface area contributed by atoms with E-state index >= 15 is 0 Å². The summed E-state index contributed by atoms with van der Waals surface area (Å²) in [5.41, 5.74) is 0. The fourth-order valence-electron chi connectivity index (χ4n) is 1.26. The Balaban J connectivity index is 2.05. The average Bonchev–Trinajstić information content (AvgIpc) is 2.85. The van der Waals surface area contributed by atoms with Gasteiger partial charge in [0.1, 0.15) is 17.2 Å². The second-order valence-corrected chi connectivity index (χ2v) is 6.24. The van der Waals surface area contributed by atoms with Crippen molar-refractivity contribution in [2.45, 2.75) is 22.7 Å². The van der Waals surface area contributed by atoms with E-state index in [1.54, 1.807) is 17.7 Å². The summed E-state index contributed by atoms with van der Waals surface area (Å²) in [6.07, 6.45) is 2.63. The Morgan fingerprint density at radius 1 is 1.32 bits per heavy atom. The van der Waals surface area contributed by atoms with Crippen molar-refractivity contribution in [3.63, 3.8) is 0 Å². The quantitative estimate of drug-likeness (QED) is 0.821. The first-order valence-corrected chi connectivity index (χ1v) is 7.57. The number of nitrogens with one attached hydrogen (secondary N) is 1. The second kappa shape index (κ2) is 6.67. The highest BCUT2D eigenvalue weighted by atomic mass is 32.2. The monoisotopic (exact) mass is 296 g/mol. The van der Waals surface area contributed by atoms with Crippen molar-refractivity contribution in [3.8, 4) is 0 Å². The van der Waals surface area contributed by atoms with Crippen LogP contribution in [0.15, 0.2) is 21.8 Å². The summed E-state index contributed by atoms with van der Waals surface area (Å²) in [7, 11) is 3.90. The van der Waals surface area contributed by atoms with E-state index in [1.165, 1.54) is 11.8 Å².